The van der Waals surface area contributed by atoms with Crippen LogP contribution >= 0.6 is 11.8 Å². The predicted octanol–water partition coefficient (Wildman–Crippen LogP) is -0.301. The Morgan fingerprint density at radius 2 is 2.45 bits per heavy atom. The highest BCUT2D eigenvalue weighted by molar-refractivity contribution is 7.99. The minimum atomic E-state index is -0.837. The van der Waals surface area contributed by atoms with Gasteiger partial charge in [0.15, 0.2) is 0 Å². The minimum Gasteiger partial charge on any atom is -0.480 e. The molecule has 11 heavy (non-hydrogen) atoms. The first-order valence-electron chi connectivity index (χ1n) is 3.46. The summed E-state index contributed by atoms with van der Waals surface area (Å²) in [6.07, 6.45) is 0. The maximum absolute atomic E-state index is 10.5. The van der Waals surface area contributed by atoms with Crippen molar-refractivity contribution >= 4 is 17.7 Å². The predicted molar refractivity (Wildman–Crippen MR) is 46.6 cm³/mol. The molecule has 0 aromatic rings. The smallest absolute Gasteiger partial charge is 0.321 e. The fourth-order valence-electron chi connectivity index (χ4n) is 0.595. The number of nitrogens with one attached hydrogen (secondary N) is 1. The summed E-state index contributed by atoms with van der Waals surface area (Å²) in [6, 6.07) is -0.509. The number of rotatable bonds is 6. The van der Waals surface area contributed by atoms with Crippen LogP contribution in [0.2, 0.25) is 0 Å². The second kappa shape index (κ2) is 6.45. The molecule has 0 aromatic heterocycles. The van der Waals surface area contributed by atoms with Crippen LogP contribution in [0.25, 0.3) is 0 Å². The van der Waals surface area contributed by atoms with Gasteiger partial charge in [0, 0.05) is 12.4 Å². The molecule has 5 heteroatoms. The van der Waals surface area contributed by atoms with Gasteiger partial charge in [0.2, 0.25) is 0 Å². The molecule has 0 spiro atoms. The number of carboxylic acids is 1. The van der Waals surface area contributed by atoms with E-state index in [9.17, 15) is 4.79 Å². The maximum Gasteiger partial charge on any atom is 0.321 e. The highest BCUT2D eigenvalue weighted by Crippen LogP contribution is 2.01. The van der Waals surface area contributed by atoms with E-state index in [0.29, 0.717) is 5.75 Å². The summed E-state index contributed by atoms with van der Waals surface area (Å²) >= 11 is 1.59. The summed E-state index contributed by atoms with van der Waals surface area (Å²) in [5.41, 5.74) is 5.16. The standard InChI is InChI=1S/C6H14N2O2S/c1-2-11-3-5(6(9)10)8-4-7/h5,8H,2-4,7H2,1H3,(H,9,10)/t5-/m0/s1. The topological polar surface area (TPSA) is 75.3 Å². The van der Waals surface area contributed by atoms with Crippen molar-refractivity contribution in [2.24, 2.45) is 5.73 Å². The summed E-state index contributed by atoms with van der Waals surface area (Å²) in [4.78, 5) is 10.5. The quantitative estimate of drug-likeness (QED) is 0.487. The van der Waals surface area contributed by atoms with Crippen LogP contribution in [-0.4, -0.2) is 35.3 Å². The largest absolute Gasteiger partial charge is 0.480 e. The van der Waals surface area contributed by atoms with E-state index < -0.39 is 12.0 Å². The molecule has 0 bridgehead atoms. The first-order chi connectivity index (χ1) is 5.22. The molecule has 4 N–H and O–H groups in total. The summed E-state index contributed by atoms with van der Waals surface area (Å²) < 4.78 is 0. The van der Waals surface area contributed by atoms with Crippen LogP contribution in [-0.2, 0) is 4.79 Å². The van der Waals surface area contributed by atoms with Gasteiger partial charge >= 0.3 is 5.97 Å². The van der Waals surface area contributed by atoms with E-state index in [1.54, 1.807) is 11.8 Å². The Labute approximate surface area is 70.5 Å². The van der Waals surface area contributed by atoms with Gasteiger partial charge < -0.3 is 10.8 Å². The number of nitrogens with two attached hydrogens (primary N) is 1. The van der Waals surface area contributed by atoms with Crippen LogP contribution in [0.1, 0.15) is 6.92 Å². The van der Waals surface area contributed by atoms with E-state index in [2.05, 4.69) is 5.32 Å². The third-order valence-corrected chi connectivity index (χ3v) is 2.13. The van der Waals surface area contributed by atoms with E-state index >= 15 is 0 Å². The second-order valence-electron chi connectivity index (χ2n) is 1.96. The zero-order valence-electron chi connectivity index (χ0n) is 6.54. The number of carboxylic acid groups (broad SMARTS) is 1. The molecule has 0 heterocycles. The second-order valence-corrected chi connectivity index (χ2v) is 3.28. The minimum absolute atomic E-state index is 0.210. The van der Waals surface area contributed by atoms with Gasteiger partial charge in [-0.1, -0.05) is 6.92 Å². The Bertz CT molecular complexity index is 121. The van der Waals surface area contributed by atoms with Gasteiger partial charge in [-0.05, 0) is 5.75 Å². The lowest BCUT2D eigenvalue weighted by molar-refractivity contribution is -0.138. The summed E-state index contributed by atoms with van der Waals surface area (Å²) in [5, 5.41) is 11.3. The van der Waals surface area contributed by atoms with Gasteiger partial charge in [0.1, 0.15) is 6.04 Å². The summed E-state index contributed by atoms with van der Waals surface area (Å²) in [7, 11) is 0. The molecule has 0 rings (SSSR count). The SMILES string of the molecule is CCSC[C@H](NCN)C(=O)O. The van der Waals surface area contributed by atoms with Crippen molar-refractivity contribution in [1.29, 1.82) is 0 Å². The van der Waals surface area contributed by atoms with Crippen LogP contribution in [0, 0.1) is 0 Å². The number of aliphatic carboxylic acids is 1. The van der Waals surface area contributed by atoms with Gasteiger partial charge in [-0.15, -0.1) is 0 Å². The van der Waals surface area contributed by atoms with E-state index in [1.807, 2.05) is 6.92 Å². The fourth-order valence-corrected chi connectivity index (χ4v) is 1.33. The van der Waals surface area contributed by atoms with Crippen molar-refractivity contribution in [2.75, 3.05) is 18.2 Å². The van der Waals surface area contributed by atoms with Crippen LogP contribution in [0.3, 0.4) is 0 Å². The first kappa shape index (κ1) is 10.7. The van der Waals surface area contributed by atoms with Crippen LogP contribution in [0.4, 0.5) is 0 Å². The van der Waals surface area contributed by atoms with E-state index in [4.69, 9.17) is 10.8 Å². The van der Waals surface area contributed by atoms with E-state index in [0.717, 1.165) is 5.75 Å². The zero-order valence-corrected chi connectivity index (χ0v) is 7.36. The molecule has 0 amide bonds. The van der Waals surface area contributed by atoms with Gasteiger partial charge in [-0.25, -0.2) is 0 Å². The van der Waals surface area contributed by atoms with Crippen molar-refractivity contribution in [2.45, 2.75) is 13.0 Å². The monoisotopic (exact) mass is 178 g/mol. The lowest BCUT2D eigenvalue weighted by Gasteiger charge is -2.10. The molecule has 4 nitrogen and oxygen atoms in total. The summed E-state index contributed by atoms with van der Waals surface area (Å²) in [5.74, 6) is 0.662. The number of thioether (sulfide) groups is 1. The molecule has 0 saturated heterocycles. The molecule has 66 valence electrons. The Balaban J connectivity index is 3.60. The molecular formula is C6H14N2O2S. The third-order valence-electron chi connectivity index (χ3n) is 1.15. The number of hydrogen-bond donors (Lipinski definition) is 3. The third kappa shape index (κ3) is 5.06. The van der Waals surface area contributed by atoms with Crippen molar-refractivity contribution in [1.82, 2.24) is 5.32 Å². The van der Waals surface area contributed by atoms with Gasteiger partial charge in [0.25, 0.3) is 0 Å². The Kier molecular flexibility index (Phi) is 6.30. The molecule has 0 unspecified atom stereocenters. The van der Waals surface area contributed by atoms with Crippen molar-refractivity contribution in [3.05, 3.63) is 0 Å². The van der Waals surface area contributed by atoms with Crippen molar-refractivity contribution in [3.8, 4) is 0 Å². The van der Waals surface area contributed by atoms with E-state index in [-0.39, 0.29) is 6.67 Å². The highest BCUT2D eigenvalue weighted by Gasteiger charge is 2.14. The van der Waals surface area contributed by atoms with Gasteiger partial charge in [-0.3, -0.25) is 10.1 Å². The number of hydrogen-bond acceptors (Lipinski definition) is 4. The lowest BCUT2D eigenvalue weighted by atomic mass is 10.3. The molecule has 0 aliphatic heterocycles. The van der Waals surface area contributed by atoms with Gasteiger partial charge in [-0.2, -0.15) is 11.8 Å². The van der Waals surface area contributed by atoms with Crippen LogP contribution < -0.4 is 11.1 Å². The zero-order chi connectivity index (χ0) is 8.69. The highest BCUT2D eigenvalue weighted by atomic mass is 32.2. The summed E-state index contributed by atoms with van der Waals surface area (Å²) in [6.45, 7) is 2.20. The average Bonchev–Trinajstić information content (AvgIpc) is 1.97. The van der Waals surface area contributed by atoms with Crippen molar-refractivity contribution in [3.63, 3.8) is 0 Å². The Morgan fingerprint density at radius 3 is 2.82 bits per heavy atom. The Hall–Kier alpha value is -0.260. The van der Waals surface area contributed by atoms with Crippen LogP contribution in [0.15, 0.2) is 0 Å². The first-order valence-corrected chi connectivity index (χ1v) is 4.61. The molecule has 0 radical (unpaired) electrons. The maximum atomic E-state index is 10.5. The Morgan fingerprint density at radius 1 is 1.82 bits per heavy atom. The lowest BCUT2D eigenvalue weighted by Crippen LogP contribution is -2.41. The molecule has 0 saturated carbocycles. The van der Waals surface area contributed by atoms with Crippen molar-refractivity contribution < 1.29 is 9.90 Å². The normalized spacial score (nSPS) is 12.9. The molecular weight excluding hydrogens is 164 g/mol. The fraction of sp³-hybridized carbons (Fsp3) is 0.833. The van der Waals surface area contributed by atoms with Gasteiger partial charge in [0.05, 0.1) is 0 Å². The molecule has 0 aliphatic carbocycles. The molecule has 0 aromatic carbocycles. The molecule has 0 fully saturated rings. The number of carbonyl (C=O) groups is 1. The van der Waals surface area contributed by atoms with Crippen LogP contribution in [0.5, 0.6) is 0 Å². The average molecular weight is 178 g/mol. The molecule has 1 atom stereocenters. The van der Waals surface area contributed by atoms with E-state index in [1.165, 1.54) is 0 Å². The molecule has 0 aliphatic rings.